The van der Waals surface area contributed by atoms with Crippen LogP contribution in [0.15, 0.2) is 46.9 Å². The first-order valence-corrected chi connectivity index (χ1v) is 8.44. The average Bonchev–Trinajstić information content (AvgIpc) is 2.59. The number of halogens is 2. The Balaban J connectivity index is 2.31. The first-order chi connectivity index (χ1) is 11.9. The molecule has 0 unspecified atom stereocenters. The average molecular weight is 396 g/mol. The van der Waals surface area contributed by atoms with Crippen molar-refractivity contribution in [3.8, 4) is 28.5 Å². The van der Waals surface area contributed by atoms with Gasteiger partial charge in [-0.15, -0.1) is 0 Å². The molecule has 25 heavy (non-hydrogen) atoms. The maximum atomic E-state index is 13.6. The molecule has 5 heteroatoms. The molecule has 0 bridgehead atoms. The van der Waals surface area contributed by atoms with Gasteiger partial charge in [0.1, 0.15) is 23.3 Å². The fourth-order valence-corrected chi connectivity index (χ4v) is 3.19. The minimum Gasteiger partial charge on any atom is -0.383 e. The van der Waals surface area contributed by atoms with E-state index in [1.54, 1.807) is 12.1 Å². The van der Waals surface area contributed by atoms with Crippen molar-refractivity contribution in [2.24, 2.45) is 0 Å². The zero-order valence-corrected chi connectivity index (χ0v) is 15.4. The van der Waals surface area contributed by atoms with Crippen LogP contribution in [0.4, 0.5) is 10.2 Å². The molecule has 0 radical (unpaired) electrons. The van der Waals surface area contributed by atoms with Crippen LogP contribution in [0.1, 0.15) is 16.7 Å². The Labute approximate surface area is 154 Å². The summed E-state index contributed by atoms with van der Waals surface area (Å²) >= 11 is 3.20. The summed E-state index contributed by atoms with van der Waals surface area (Å²) in [7, 11) is 0. The number of anilines is 1. The van der Waals surface area contributed by atoms with E-state index in [0.717, 1.165) is 16.7 Å². The monoisotopic (exact) mass is 395 g/mol. The van der Waals surface area contributed by atoms with Crippen molar-refractivity contribution >= 4 is 21.7 Å². The molecule has 0 aliphatic carbocycles. The Morgan fingerprint density at radius 2 is 1.72 bits per heavy atom. The zero-order valence-electron chi connectivity index (χ0n) is 13.8. The van der Waals surface area contributed by atoms with Crippen LogP contribution in [0.2, 0.25) is 0 Å². The molecule has 0 amide bonds. The van der Waals surface area contributed by atoms with Crippen LogP contribution >= 0.6 is 15.9 Å². The predicted molar refractivity (Wildman–Crippen MR) is 101 cm³/mol. The number of nitrogens with zero attached hydrogens (tertiary/aromatic N) is 2. The summed E-state index contributed by atoms with van der Waals surface area (Å²) in [4.78, 5) is 4.44. The highest BCUT2D eigenvalue weighted by atomic mass is 79.9. The van der Waals surface area contributed by atoms with Crippen molar-refractivity contribution in [2.75, 3.05) is 5.73 Å². The van der Waals surface area contributed by atoms with Crippen LogP contribution in [0, 0.1) is 31.0 Å². The third kappa shape index (κ3) is 3.13. The molecule has 0 saturated carbocycles. The highest BCUT2D eigenvalue weighted by molar-refractivity contribution is 9.10. The molecule has 2 N–H and O–H groups in total. The van der Waals surface area contributed by atoms with Crippen LogP contribution in [-0.2, 0) is 0 Å². The number of nitriles is 1. The Kier molecular flexibility index (Phi) is 4.56. The first kappa shape index (κ1) is 17.1. The van der Waals surface area contributed by atoms with Crippen LogP contribution < -0.4 is 5.73 Å². The van der Waals surface area contributed by atoms with Gasteiger partial charge in [-0.05, 0) is 53.0 Å². The van der Waals surface area contributed by atoms with Gasteiger partial charge in [0, 0.05) is 11.1 Å². The lowest BCUT2D eigenvalue weighted by Crippen LogP contribution is -2.03. The van der Waals surface area contributed by atoms with E-state index in [4.69, 9.17) is 5.73 Å². The molecule has 0 fully saturated rings. The van der Waals surface area contributed by atoms with Gasteiger partial charge in [-0.2, -0.15) is 5.26 Å². The summed E-state index contributed by atoms with van der Waals surface area (Å²) in [6.07, 6.45) is 0. The lowest BCUT2D eigenvalue weighted by atomic mass is 9.92. The minimum absolute atomic E-state index is 0.166. The van der Waals surface area contributed by atoms with Gasteiger partial charge in [-0.25, -0.2) is 9.37 Å². The first-order valence-electron chi connectivity index (χ1n) is 7.65. The third-order valence-electron chi connectivity index (χ3n) is 4.11. The number of pyridine rings is 1. The van der Waals surface area contributed by atoms with E-state index in [9.17, 15) is 9.65 Å². The van der Waals surface area contributed by atoms with E-state index in [-0.39, 0.29) is 11.6 Å². The van der Waals surface area contributed by atoms with Crippen molar-refractivity contribution in [3.05, 3.63) is 69.4 Å². The van der Waals surface area contributed by atoms with Crippen LogP contribution in [0.3, 0.4) is 0 Å². The number of hydrogen-bond donors (Lipinski definition) is 1. The number of benzene rings is 2. The third-order valence-corrected chi connectivity index (χ3v) is 4.72. The summed E-state index contributed by atoms with van der Waals surface area (Å²) in [6.45, 7) is 3.91. The summed E-state index contributed by atoms with van der Waals surface area (Å²) in [5.41, 5.74) is 11.3. The Bertz CT molecular complexity index is 1000. The van der Waals surface area contributed by atoms with Gasteiger partial charge in [-0.3, -0.25) is 0 Å². The SMILES string of the molecule is Cc1ccc(-c2nc(N)c(C#N)c(-c3ccc(F)c(Br)c3)c2C)cc1. The molecule has 0 spiro atoms. The van der Waals surface area contributed by atoms with Crippen molar-refractivity contribution < 1.29 is 4.39 Å². The van der Waals surface area contributed by atoms with Crippen LogP contribution in [0.5, 0.6) is 0 Å². The molecule has 3 nitrogen and oxygen atoms in total. The fourth-order valence-electron chi connectivity index (χ4n) is 2.81. The second kappa shape index (κ2) is 6.66. The molecule has 0 aliphatic heterocycles. The molecule has 0 saturated heterocycles. The quantitative estimate of drug-likeness (QED) is 0.632. The Morgan fingerprint density at radius 3 is 2.32 bits per heavy atom. The molecular formula is C20H15BrFN3. The van der Waals surface area contributed by atoms with E-state index >= 15 is 0 Å². The van der Waals surface area contributed by atoms with Gasteiger partial charge < -0.3 is 5.73 Å². The number of nitrogen functional groups attached to an aromatic ring is 1. The normalized spacial score (nSPS) is 10.5. The number of aromatic nitrogens is 1. The van der Waals surface area contributed by atoms with Crippen molar-refractivity contribution in [2.45, 2.75) is 13.8 Å². The lowest BCUT2D eigenvalue weighted by molar-refractivity contribution is 0.621. The summed E-state index contributed by atoms with van der Waals surface area (Å²) in [5.74, 6) is -0.195. The Hall–Kier alpha value is -2.71. The number of aryl methyl sites for hydroxylation is 1. The van der Waals surface area contributed by atoms with Crippen molar-refractivity contribution in [3.63, 3.8) is 0 Å². The number of hydrogen-bond acceptors (Lipinski definition) is 3. The molecule has 1 heterocycles. The van der Waals surface area contributed by atoms with Gasteiger partial charge >= 0.3 is 0 Å². The standard InChI is InChI=1S/C20H15BrFN3/c1-11-3-5-13(6-4-11)19-12(2)18(15(10-23)20(24)25-19)14-7-8-17(22)16(21)9-14/h3-9H,1-2H3,(H2,24,25). The molecule has 124 valence electrons. The molecule has 3 aromatic rings. The van der Waals surface area contributed by atoms with E-state index < -0.39 is 0 Å². The van der Waals surface area contributed by atoms with Gasteiger partial charge in [0.05, 0.1) is 10.2 Å². The fraction of sp³-hybridized carbons (Fsp3) is 0.100. The van der Waals surface area contributed by atoms with Gasteiger partial charge in [0.15, 0.2) is 0 Å². The maximum absolute atomic E-state index is 13.6. The van der Waals surface area contributed by atoms with Crippen molar-refractivity contribution in [1.29, 1.82) is 5.26 Å². The molecule has 2 aromatic carbocycles. The summed E-state index contributed by atoms with van der Waals surface area (Å²) < 4.78 is 13.9. The van der Waals surface area contributed by atoms with E-state index in [1.807, 2.05) is 38.1 Å². The maximum Gasteiger partial charge on any atom is 0.142 e. The van der Waals surface area contributed by atoms with Crippen molar-refractivity contribution in [1.82, 2.24) is 4.98 Å². The molecule has 0 aliphatic rings. The smallest absolute Gasteiger partial charge is 0.142 e. The molecular weight excluding hydrogens is 381 g/mol. The highest BCUT2D eigenvalue weighted by Crippen LogP contribution is 2.37. The number of nitrogens with two attached hydrogens (primary N) is 1. The van der Waals surface area contributed by atoms with Gasteiger partial charge in [0.2, 0.25) is 0 Å². The molecule has 1 aromatic heterocycles. The van der Waals surface area contributed by atoms with E-state index in [1.165, 1.54) is 6.07 Å². The van der Waals surface area contributed by atoms with Crippen LogP contribution in [-0.4, -0.2) is 4.98 Å². The lowest BCUT2D eigenvalue weighted by Gasteiger charge is -2.15. The summed E-state index contributed by atoms with van der Waals surface area (Å²) in [5, 5.41) is 9.55. The van der Waals surface area contributed by atoms with E-state index in [0.29, 0.717) is 26.9 Å². The zero-order chi connectivity index (χ0) is 18.1. The van der Waals surface area contributed by atoms with Crippen LogP contribution in [0.25, 0.3) is 22.4 Å². The minimum atomic E-state index is -0.360. The molecule has 3 rings (SSSR count). The van der Waals surface area contributed by atoms with Gasteiger partial charge in [-0.1, -0.05) is 35.9 Å². The topological polar surface area (TPSA) is 62.7 Å². The van der Waals surface area contributed by atoms with Gasteiger partial charge in [0.25, 0.3) is 0 Å². The second-order valence-electron chi connectivity index (χ2n) is 5.83. The largest absolute Gasteiger partial charge is 0.383 e. The van der Waals surface area contributed by atoms with E-state index in [2.05, 4.69) is 27.0 Å². The predicted octanol–water partition coefficient (Wildman–Crippen LogP) is 5.39. The molecule has 0 atom stereocenters. The number of rotatable bonds is 2. The Morgan fingerprint density at radius 1 is 1.08 bits per heavy atom. The second-order valence-corrected chi connectivity index (χ2v) is 6.68. The summed E-state index contributed by atoms with van der Waals surface area (Å²) in [6, 6.07) is 14.7. The highest BCUT2D eigenvalue weighted by Gasteiger charge is 2.19.